The first-order chi connectivity index (χ1) is 16.9. The van der Waals surface area contributed by atoms with Crippen molar-refractivity contribution in [2.24, 2.45) is 5.92 Å². The molecule has 0 aromatic heterocycles. The summed E-state index contributed by atoms with van der Waals surface area (Å²) in [7, 11) is -3.44. The summed E-state index contributed by atoms with van der Waals surface area (Å²) in [5.41, 5.74) is 1.12. The number of piperidine rings is 2. The zero-order valence-electron chi connectivity index (χ0n) is 20.0. The van der Waals surface area contributed by atoms with Crippen LogP contribution >= 0.6 is 11.6 Å². The number of likely N-dealkylation sites (tertiary alicyclic amines) is 1. The summed E-state index contributed by atoms with van der Waals surface area (Å²) in [6, 6.07) is 14.4. The predicted octanol–water partition coefficient (Wildman–Crippen LogP) is 3.92. The van der Waals surface area contributed by atoms with Crippen LogP contribution in [0, 0.1) is 5.92 Å². The molecule has 2 aromatic rings. The maximum Gasteiger partial charge on any atom is 0.243 e. The van der Waals surface area contributed by atoms with Gasteiger partial charge in [-0.05, 0) is 74.7 Å². The van der Waals surface area contributed by atoms with E-state index in [1.165, 1.54) is 0 Å². The number of hydrogen-bond acceptors (Lipinski definition) is 5. The number of nitrogens with zero attached hydrogens (tertiary/aromatic N) is 2. The van der Waals surface area contributed by atoms with Crippen LogP contribution in [0.15, 0.2) is 53.4 Å². The van der Waals surface area contributed by atoms with Gasteiger partial charge in [0.1, 0.15) is 12.4 Å². The van der Waals surface area contributed by atoms with Gasteiger partial charge in [-0.1, -0.05) is 36.2 Å². The Balaban J connectivity index is 1.16. The number of halogens is 1. The van der Waals surface area contributed by atoms with E-state index in [1.54, 1.807) is 28.6 Å². The van der Waals surface area contributed by atoms with Gasteiger partial charge in [0.2, 0.25) is 15.9 Å². The van der Waals surface area contributed by atoms with E-state index in [0.29, 0.717) is 36.9 Å². The summed E-state index contributed by atoms with van der Waals surface area (Å²) in [5, 5.41) is 3.75. The van der Waals surface area contributed by atoms with Crippen molar-refractivity contribution in [3.8, 4) is 5.75 Å². The van der Waals surface area contributed by atoms with Gasteiger partial charge in [0.25, 0.3) is 0 Å². The number of benzene rings is 2. The summed E-state index contributed by atoms with van der Waals surface area (Å²) >= 11 is 6.27. The summed E-state index contributed by atoms with van der Waals surface area (Å²) in [6.45, 7) is 4.45. The van der Waals surface area contributed by atoms with Crippen molar-refractivity contribution in [3.05, 3.63) is 59.1 Å². The predicted molar refractivity (Wildman–Crippen MR) is 137 cm³/mol. The van der Waals surface area contributed by atoms with Crippen LogP contribution in [0.4, 0.5) is 0 Å². The zero-order chi connectivity index (χ0) is 24.7. The highest BCUT2D eigenvalue weighted by Gasteiger charge is 2.26. The van der Waals surface area contributed by atoms with Crippen molar-refractivity contribution in [1.82, 2.24) is 14.5 Å². The molecule has 2 heterocycles. The van der Waals surface area contributed by atoms with Gasteiger partial charge in [0, 0.05) is 30.6 Å². The highest BCUT2D eigenvalue weighted by molar-refractivity contribution is 7.89. The van der Waals surface area contributed by atoms with Crippen molar-refractivity contribution in [1.29, 1.82) is 0 Å². The minimum absolute atomic E-state index is 0.0109. The second-order valence-corrected chi connectivity index (χ2v) is 11.6. The van der Waals surface area contributed by atoms with Crippen LogP contribution in [-0.2, 0) is 21.4 Å². The number of hydrogen-bond donors (Lipinski definition) is 1. The van der Waals surface area contributed by atoms with Gasteiger partial charge in [-0.2, -0.15) is 4.31 Å². The molecule has 2 aliphatic rings. The number of carbonyl (C=O) groups excluding carboxylic acids is 1. The molecule has 2 aliphatic heterocycles. The monoisotopic (exact) mass is 519 g/mol. The molecule has 2 fully saturated rings. The van der Waals surface area contributed by atoms with Gasteiger partial charge in [-0.15, -0.1) is 0 Å². The summed E-state index contributed by atoms with van der Waals surface area (Å²) in [4.78, 5) is 15.2. The second kappa shape index (κ2) is 12.2. The van der Waals surface area contributed by atoms with Crippen LogP contribution in [0.2, 0.25) is 5.02 Å². The van der Waals surface area contributed by atoms with Crippen LogP contribution in [0.1, 0.15) is 37.7 Å². The molecule has 4 rings (SSSR count). The van der Waals surface area contributed by atoms with Gasteiger partial charge in [0.15, 0.2) is 0 Å². The number of amides is 1. The highest BCUT2D eigenvalue weighted by atomic mass is 35.5. The molecule has 0 spiro atoms. The normalized spacial score (nSPS) is 18.3. The molecule has 2 aromatic carbocycles. The minimum Gasteiger partial charge on any atom is -0.492 e. The first-order valence-electron chi connectivity index (χ1n) is 12.4. The average molecular weight is 520 g/mol. The van der Waals surface area contributed by atoms with E-state index in [1.807, 2.05) is 24.3 Å². The lowest BCUT2D eigenvalue weighted by atomic mass is 9.95. The van der Waals surface area contributed by atoms with E-state index < -0.39 is 10.0 Å². The summed E-state index contributed by atoms with van der Waals surface area (Å²) < 4.78 is 32.7. The molecule has 0 unspecified atom stereocenters. The lowest BCUT2D eigenvalue weighted by molar-refractivity contribution is -0.126. The summed E-state index contributed by atoms with van der Waals surface area (Å²) in [6.07, 6.45) is 4.55. The van der Waals surface area contributed by atoms with Crippen molar-refractivity contribution in [2.45, 2.75) is 43.5 Å². The second-order valence-electron chi connectivity index (χ2n) is 9.22. The Morgan fingerprint density at radius 3 is 2.34 bits per heavy atom. The lowest BCUT2D eigenvalue weighted by Gasteiger charge is -2.31. The third-order valence-electron chi connectivity index (χ3n) is 6.76. The molecular formula is C26H34ClN3O4S. The molecule has 35 heavy (non-hydrogen) atoms. The molecule has 9 heteroatoms. The molecule has 190 valence electrons. The first-order valence-corrected chi connectivity index (χ1v) is 14.2. The third kappa shape index (κ3) is 6.97. The molecule has 0 atom stereocenters. The maximum atomic E-state index is 12.7. The molecule has 0 bridgehead atoms. The molecule has 1 N–H and O–H groups in total. The Morgan fingerprint density at radius 2 is 1.66 bits per heavy atom. The molecular weight excluding hydrogens is 486 g/mol. The van der Waals surface area contributed by atoms with Crippen LogP contribution in [0.25, 0.3) is 0 Å². The van der Waals surface area contributed by atoms with Crippen molar-refractivity contribution < 1.29 is 17.9 Å². The fraction of sp³-hybridized carbons (Fsp3) is 0.500. The first kappa shape index (κ1) is 25.9. The van der Waals surface area contributed by atoms with Crippen LogP contribution in [0.3, 0.4) is 0 Å². The fourth-order valence-corrected chi connectivity index (χ4v) is 6.38. The Kier molecular flexibility index (Phi) is 9.05. The van der Waals surface area contributed by atoms with Crippen molar-refractivity contribution in [2.75, 3.05) is 39.3 Å². The van der Waals surface area contributed by atoms with Crippen molar-refractivity contribution in [3.63, 3.8) is 0 Å². The average Bonchev–Trinajstić information content (AvgIpc) is 2.89. The van der Waals surface area contributed by atoms with Gasteiger partial charge in [-0.3, -0.25) is 9.69 Å². The van der Waals surface area contributed by atoms with Crippen LogP contribution < -0.4 is 10.1 Å². The van der Waals surface area contributed by atoms with E-state index in [2.05, 4.69) is 10.2 Å². The topological polar surface area (TPSA) is 78.9 Å². The zero-order valence-corrected chi connectivity index (χ0v) is 21.6. The Bertz CT molecular complexity index is 1080. The number of carbonyl (C=O) groups is 1. The Hall–Kier alpha value is -2.13. The van der Waals surface area contributed by atoms with Crippen LogP contribution in [-0.4, -0.2) is 62.9 Å². The molecule has 0 radical (unpaired) electrons. The third-order valence-corrected chi connectivity index (χ3v) is 9.04. The molecule has 2 saturated heterocycles. The standard InChI is InChI=1S/C26H34ClN3O4S/c27-25-7-3-2-6-22(25)20-29-17-12-21(13-18-29)26(31)28-14-19-34-23-8-10-24(11-9-23)35(32,33)30-15-4-1-5-16-30/h2-3,6-11,21H,1,4-5,12-20H2,(H,28,31). The Morgan fingerprint density at radius 1 is 0.971 bits per heavy atom. The smallest absolute Gasteiger partial charge is 0.243 e. The molecule has 7 nitrogen and oxygen atoms in total. The largest absolute Gasteiger partial charge is 0.492 e. The van der Waals surface area contributed by atoms with Gasteiger partial charge in [0.05, 0.1) is 11.4 Å². The fourth-order valence-electron chi connectivity index (χ4n) is 4.67. The quantitative estimate of drug-likeness (QED) is 0.508. The Labute approximate surface area is 213 Å². The lowest BCUT2D eigenvalue weighted by Crippen LogP contribution is -2.41. The van der Waals surface area contributed by atoms with E-state index in [-0.39, 0.29) is 11.8 Å². The van der Waals surface area contributed by atoms with E-state index in [0.717, 1.165) is 62.3 Å². The van der Waals surface area contributed by atoms with E-state index in [9.17, 15) is 13.2 Å². The highest BCUT2D eigenvalue weighted by Crippen LogP contribution is 2.24. The number of rotatable bonds is 9. The minimum atomic E-state index is -3.44. The SMILES string of the molecule is O=C(NCCOc1ccc(S(=O)(=O)N2CCCCC2)cc1)C1CCN(Cc2ccccc2Cl)CC1. The van der Waals surface area contributed by atoms with Crippen LogP contribution in [0.5, 0.6) is 5.75 Å². The molecule has 1 amide bonds. The number of nitrogens with one attached hydrogen (secondary N) is 1. The van der Waals surface area contributed by atoms with Gasteiger partial charge < -0.3 is 10.1 Å². The van der Waals surface area contributed by atoms with E-state index in [4.69, 9.17) is 16.3 Å². The van der Waals surface area contributed by atoms with Crippen molar-refractivity contribution >= 4 is 27.5 Å². The maximum absolute atomic E-state index is 12.7. The molecule has 0 aliphatic carbocycles. The van der Waals surface area contributed by atoms with Gasteiger partial charge in [-0.25, -0.2) is 8.42 Å². The van der Waals surface area contributed by atoms with Gasteiger partial charge >= 0.3 is 0 Å². The number of sulfonamides is 1. The molecule has 0 saturated carbocycles. The van der Waals surface area contributed by atoms with E-state index >= 15 is 0 Å². The summed E-state index contributed by atoms with van der Waals surface area (Å²) in [5.74, 6) is 0.662. The number of ether oxygens (including phenoxy) is 1.